The van der Waals surface area contributed by atoms with Crippen LogP contribution in [0.25, 0.3) is 143 Å². The predicted molar refractivity (Wildman–Crippen MR) is 495 cm³/mol. The molecule has 0 unspecified atom stereocenters. The summed E-state index contributed by atoms with van der Waals surface area (Å²) in [7, 11) is 0. The summed E-state index contributed by atoms with van der Waals surface area (Å²) in [6.07, 6.45) is 0. The molecule has 0 radical (unpaired) electrons. The largest absolute Gasteiger partial charge is 0.310 e. The molecule has 2 aliphatic heterocycles. The first kappa shape index (κ1) is 54.6. The summed E-state index contributed by atoms with van der Waals surface area (Å²) < 4.78 is 163. The highest BCUT2D eigenvalue weighted by molar-refractivity contribution is 7.00. The number of rotatable bonds is 9. The van der Waals surface area contributed by atoms with Crippen LogP contribution in [0.3, 0.4) is 0 Å². The minimum absolute atomic E-state index is 0.112. The van der Waals surface area contributed by atoms with E-state index in [9.17, 15) is 27.2 Å². The summed E-state index contributed by atoms with van der Waals surface area (Å²) in [6.45, 7) is 18.8. The maximum absolute atomic E-state index is 12.5. The Labute approximate surface area is 704 Å². The van der Waals surface area contributed by atoms with Gasteiger partial charge in [0.05, 0.1) is 88.7 Å². The summed E-state index contributed by atoms with van der Waals surface area (Å²) >= 11 is 0. The second kappa shape index (κ2) is 25.9. The van der Waals surface area contributed by atoms with Gasteiger partial charge < -0.3 is 28.1 Å². The lowest BCUT2D eigenvalue weighted by Gasteiger charge is -2.45. The van der Waals surface area contributed by atoms with Gasteiger partial charge in [-0.25, -0.2) is 0 Å². The normalized spacial score (nSPS) is 14.9. The third-order valence-corrected chi connectivity index (χ3v) is 24.1. The topological polar surface area (TPSA) is 50.0 Å². The fourth-order valence-electron chi connectivity index (χ4n) is 18.4. The van der Waals surface area contributed by atoms with Gasteiger partial charge in [-0.15, -0.1) is 0 Å². The van der Waals surface area contributed by atoms with Crippen molar-refractivity contribution in [1.29, 1.82) is 5.26 Å². The van der Waals surface area contributed by atoms with Crippen LogP contribution < -0.4 is 26.2 Å². The lowest BCUT2D eigenvalue weighted by Crippen LogP contribution is -2.61. The van der Waals surface area contributed by atoms with Gasteiger partial charge in [0.2, 0.25) is 0 Å². The SMILES string of the molecule is [2H]c1c([2H])c([2H])c2c(c1[2H])c1c([2H])c([2H])c([2H])c([2H])c1n2-c1ccc2c(c1)N(c1c(-c3ccccc3)cc(C(C)(C)C)cc1-c1ccccc1)c1cc(-n3c4c([2H])c([2H])c([2H])c([2H])c4c4c([2H])c([2H])c([2H])c([2H])c43)cc3c1B2c1ccc(-n2c4ccc(C(C)(C)C)cc4c4cc(C(C)(C)C)ccc42)cc1N3c1cc(-n2c3ccccc3c3cc(-c4ccccc4)ccc32)ccc1C#N. The molecule has 0 saturated heterocycles. The van der Waals surface area contributed by atoms with E-state index in [4.69, 9.17) is 0 Å². The second-order valence-electron chi connectivity index (χ2n) is 34.0. The van der Waals surface area contributed by atoms with Gasteiger partial charge >= 0.3 is 0 Å². The molecule has 4 aromatic heterocycles. The van der Waals surface area contributed by atoms with E-state index in [1.54, 1.807) is 0 Å². The molecule has 0 atom stereocenters. The number of anilines is 6. The first-order valence-corrected chi connectivity index (χ1v) is 39.7. The molecule has 8 heteroatoms. The van der Waals surface area contributed by atoms with Crippen molar-refractivity contribution in [3.8, 4) is 62.2 Å². The van der Waals surface area contributed by atoms with Gasteiger partial charge in [-0.1, -0.05) is 274 Å². The lowest BCUT2D eigenvalue weighted by molar-refractivity contribution is 0.590. The van der Waals surface area contributed by atoms with Crippen molar-refractivity contribution < 1.29 is 21.9 Å². The van der Waals surface area contributed by atoms with E-state index in [0.717, 1.165) is 105 Å². The minimum Gasteiger partial charge on any atom is -0.310 e. The number of nitriles is 1. The van der Waals surface area contributed by atoms with Crippen LogP contribution in [0.1, 0.15) is 106 Å². The van der Waals surface area contributed by atoms with E-state index in [0.29, 0.717) is 50.7 Å². The van der Waals surface area contributed by atoms with Gasteiger partial charge in [-0.05, 0) is 205 Å². The van der Waals surface area contributed by atoms with Crippen LogP contribution in [0.2, 0.25) is 0 Å². The third kappa shape index (κ3) is 10.8. The summed E-state index contributed by atoms with van der Waals surface area (Å²) in [5.41, 5.74) is 17.2. The van der Waals surface area contributed by atoms with E-state index >= 15 is 0 Å². The van der Waals surface area contributed by atoms with Gasteiger partial charge in [-0.2, -0.15) is 5.26 Å². The Morgan fingerprint density at radius 1 is 0.282 bits per heavy atom. The number of hydrogen-bond donors (Lipinski definition) is 0. The molecule has 20 aromatic rings. The first-order chi connectivity index (χ1) is 63.5. The Balaban J connectivity index is 0.963. The highest BCUT2D eigenvalue weighted by atomic mass is 15.2. The van der Waals surface area contributed by atoms with E-state index in [1.807, 2.05) is 140 Å². The quantitative estimate of drug-likeness (QED) is 0.135. The zero-order valence-electron chi connectivity index (χ0n) is 81.9. The summed E-state index contributed by atoms with van der Waals surface area (Å²) in [5.74, 6) is 0. The monoisotopic (exact) mass is 1520 g/mol. The third-order valence-electron chi connectivity index (χ3n) is 24.1. The molecule has 2 aliphatic rings. The molecule has 0 fully saturated rings. The van der Waals surface area contributed by atoms with Crippen molar-refractivity contribution in [3.63, 3.8) is 0 Å². The fraction of sp³-hybridized carbons (Fsp3) is 0.110. The van der Waals surface area contributed by atoms with Crippen molar-refractivity contribution in [2.75, 3.05) is 9.80 Å². The predicted octanol–water partition coefficient (Wildman–Crippen LogP) is 26.9. The summed E-state index contributed by atoms with van der Waals surface area (Å²) in [5, 5.41) is 15.9. The van der Waals surface area contributed by atoms with Crippen LogP contribution in [0.15, 0.2) is 345 Å². The van der Waals surface area contributed by atoms with Gasteiger partial charge in [-0.3, -0.25) is 0 Å². The summed E-state index contributed by atoms with van der Waals surface area (Å²) in [6, 6.07) is 78.1. The van der Waals surface area contributed by atoms with Crippen molar-refractivity contribution >= 4 is 144 Å². The Morgan fingerprint density at radius 3 is 1.14 bits per heavy atom. The van der Waals surface area contributed by atoms with E-state index in [2.05, 4.69) is 197 Å². The standard InChI is InChI=1S/C109H84BN7/c1-107(2,3)73-47-55-98-88(58-73)89-59-74(108(4,5)6)48-56-99(89)114(98)77-50-52-90-101(63-77)116(100-62-76(49-45-72(100)67-111)113-96-44-28-23-39-84(96)87-57-71(46-54-97(87)113)68-29-13-10-14-30-68)103-65-79(115-94-42-26-21-37-82(94)83-38-22-27-43-95(83)115)66-104-105(103)110(90)91-53-51-78(112-92-40-24-19-35-80(92)81-36-20-25-41-93(81)112)64-102(91)117(104)106-85(69-31-15-11-16-32-69)60-75(109(7,8)9)61-86(106)70-33-17-12-18-34-70/h10-66H,1-9H3/i19D,20D,21D,22D,24D,25D,26D,27D,35D,36D,37D,38D,40D,41D,42D,43D. The van der Waals surface area contributed by atoms with Crippen molar-refractivity contribution in [1.82, 2.24) is 18.3 Å². The molecule has 0 bridgehead atoms. The average Bonchev–Trinajstić information content (AvgIpc) is 1.34. The molecule has 0 aliphatic carbocycles. The number of aromatic nitrogens is 4. The number of benzene rings is 16. The zero-order chi connectivity index (χ0) is 93.0. The zero-order valence-corrected chi connectivity index (χ0v) is 65.9. The van der Waals surface area contributed by atoms with Crippen LogP contribution in [-0.2, 0) is 16.2 Å². The molecular weight excluding hydrogens is 1420 g/mol. The van der Waals surface area contributed by atoms with Crippen LogP contribution in [-0.4, -0.2) is 25.0 Å². The Morgan fingerprint density at radius 2 is 0.658 bits per heavy atom. The molecule has 7 nitrogen and oxygen atoms in total. The van der Waals surface area contributed by atoms with E-state index in [-0.39, 0.29) is 71.4 Å². The minimum atomic E-state index is -0.902. The van der Waals surface area contributed by atoms with Gasteiger partial charge in [0, 0.05) is 94.0 Å². The Bertz CT molecular complexity index is 8340. The van der Waals surface area contributed by atoms with E-state index < -0.39 is 109 Å². The Kier molecular flexibility index (Phi) is 12.1. The van der Waals surface area contributed by atoms with Gasteiger partial charge in [0.15, 0.2) is 0 Å². The maximum atomic E-state index is 12.5. The van der Waals surface area contributed by atoms with Crippen LogP contribution >= 0.6 is 0 Å². The number of fused-ring (bicyclic) bond motifs is 16. The number of nitrogens with zero attached hydrogens (tertiary/aromatic N) is 7. The lowest BCUT2D eigenvalue weighted by atomic mass is 9.33. The molecule has 0 N–H and O–H groups in total. The smallest absolute Gasteiger partial charge is 0.252 e. The Hall–Kier alpha value is -14.1. The van der Waals surface area contributed by atoms with Crippen LogP contribution in [0.5, 0.6) is 0 Å². The van der Waals surface area contributed by atoms with E-state index in [1.165, 1.54) is 9.13 Å². The molecule has 16 aromatic carbocycles. The molecule has 117 heavy (non-hydrogen) atoms. The first-order valence-electron chi connectivity index (χ1n) is 47.7. The average molecular weight is 1520 g/mol. The number of para-hydroxylation sites is 5. The molecule has 0 spiro atoms. The summed E-state index contributed by atoms with van der Waals surface area (Å²) in [4.78, 5) is 4.28. The van der Waals surface area contributed by atoms with Crippen molar-refractivity contribution in [2.24, 2.45) is 0 Å². The molecular formula is C109H84BN7. The highest BCUT2D eigenvalue weighted by Crippen LogP contribution is 2.54. The molecule has 0 amide bonds. The number of hydrogen-bond acceptors (Lipinski definition) is 3. The van der Waals surface area contributed by atoms with Crippen molar-refractivity contribution in [3.05, 3.63) is 368 Å². The van der Waals surface area contributed by atoms with Crippen molar-refractivity contribution in [2.45, 2.75) is 78.6 Å². The van der Waals surface area contributed by atoms with Crippen LogP contribution in [0.4, 0.5) is 34.1 Å². The molecule has 558 valence electrons. The maximum Gasteiger partial charge on any atom is 0.252 e. The highest BCUT2D eigenvalue weighted by Gasteiger charge is 2.46. The van der Waals surface area contributed by atoms with Gasteiger partial charge in [0.1, 0.15) is 6.07 Å². The molecule has 22 rings (SSSR count). The van der Waals surface area contributed by atoms with Crippen LogP contribution in [0, 0.1) is 11.3 Å². The molecule has 0 saturated carbocycles. The molecule has 6 heterocycles. The second-order valence-corrected chi connectivity index (χ2v) is 34.0. The fourth-order valence-corrected chi connectivity index (χ4v) is 18.4. The van der Waals surface area contributed by atoms with Gasteiger partial charge in [0.25, 0.3) is 6.71 Å².